The summed E-state index contributed by atoms with van der Waals surface area (Å²) in [6.07, 6.45) is 0. The fourth-order valence-electron chi connectivity index (χ4n) is 2.21. The maximum atomic E-state index is 12.1. The van der Waals surface area contributed by atoms with Crippen molar-refractivity contribution in [2.45, 2.75) is 27.7 Å². The molecule has 0 spiro atoms. The highest BCUT2D eigenvalue weighted by atomic mass is 16.3. The van der Waals surface area contributed by atoms with E-state index in [2.05, 4.69) is 10.3 Å². The highest BCUT2D eigenvalue weighted by Gasteiger charge is 2.21. The molecule has 23 heavy (non-hydrogen) atoms. The van der Waals surface area contributed by atoms with Gasteiger partial charge >= 0.3 is 0 Å². The Morgan fingerprint density at radius 1 is 1.13 bits per heavy atom. The number of fused-ring (bicyclic) bond motifs is 1. The van der Waals surface area contributed by atoms with Crippen molar-refractivity contribution < 1.29 is 9.21 Å². The second kappa shape index (κ2) is 5.54. The van der Waals surface area contributed by atoms with Crippen molar-refractivity contribution in [3.8, 4) is 11.5 Å². The van der Waals surface area contributed by atoms with E-state index in [0.29, 0.717) is 5.89 Å². The van der Waals surface area contributed by atoms with E-state index >= 15 is 0 Å². The third kappa shape index (κ3) is 3.26. The number of carbonyl (C=O) groups excluding carboxylic acids is 1. The van der Waals surface area contributed by atoms with Crippen molar-refractivity contribution in [3.63, 3.8) is 0 Å². The van der Waals surface area contributed by atoms with Crippen LogP contribution in [0.4, 0.5) is 5.69 Å². The molecule has 1 amide bonds. The number of nitrogens with zero attached hydrogens (tertiary/aromatic N) is 1. The van der Waals surface area contributed by atoms with Gasteiger partial charge in [-0.1, -0.05) is 32.9 Å². The number of amides is 1. The minimum absolute atomic E-state index is 0.0251. The number of hydrogen-bond donors (Lipinski definition) is 1. The minimum atomic E-state index is -0.439. The molecule has 1 aromatic heterocycles. The summed E-state index contributed by atoms with van der Waals surface area (Å²) in [6.45, 7) is 7.68. The Labute approximate surface area is 135 Å². The molecule has 2 aromatic carbocycles. The third-order valence-electron chi connectivity index (χ3n) is 3.59. The van der Waals surface area contributed by atoms with Crippen LogP contribution in [-0.4, -0.2) is 10.9 Å². The van der Waals surface area contributed by atoms with Gasteiger partial charge in [0.15, 0.2) is 5.58 Å². The van der Waals surface area contributed by atoms with Crippen molar-refractivity contribution in [2.24, 2.45) is 5.41 Å². The highest BCUT2D eigenvalue weighted by molar-refractivity contribution is 5.95. The lowest BCUT2D eigenvalue weighted by Crippen LogP contribution is -2.27. The van der Waals surface area contributed by atoms with E-state index in [4.69, 9.17) is 4.42 Å². The number of nitrogens with one attached hydrogen (secondary N) is 1. The van der Waals surface area contributed by atoms with Crippen LogP contribution in [0, 0.1) is 12.3 Å². The lowest BCUT2D eigenvalue weighted by Gasteiger charge is -2.17. The second-order valence-corrected chi connectivity index (χ2v) is 6.78. The number of hydrogen-bond acceptors (Lipinski definition) is 3. The predicted octanol–water partition coefficient (Wildman–Crippen LogP) is 4.79. The fraction of sp³-hybridized carbons (Fsp3) is 0.263. The number of aromatic nitrogens is 1. The standard InChI is InChI=1S/C19H20N2O2/c1-12-8-9-16-15(10-12)21-17(23-16)13-6-5-7-14(11-13)20-18(22)19(2,3)4/h5-11H,1-4H3,(H,20,22). The number of anilines is 1. The van der Waals surface area contributed by atoms with E-state index in [9.17, 15) is 4.79 Å². The molecule has 1 N–H and O–H groups in total. The van der Waals surface area contributed by atoms with E-state index in [0.717, 1.165) is 27.9 Å². The van der Waals surface area contributed by atoms with Crippen molar-refractivity contribution >= 4 is 22.7 Å². The first-order valence-electron chi connectivity index (χ1n) is 7.62. The van der Waals surface area contributed by atoms with Gasteiger partial charge in [-0.05, 0) is 42.8 Å². The zero-order valence-electron chi connectivity index (χ0n) is 13.8. The predicted molar refractivity (Wildman–Crippen MR) is 92.3 cm³/mol. The van der Waals surface area contributed by atoms with Crippen LogP contribution >= 0.6 is 0 Å². The minimum Gasteiger partial charge on any atom is -0.436 e. The van der Waals surface area contributed by atoms with Crippen LogP contribution in [0.15, 0.2) is 46.9 Å². The summed E-state index contributed by atoms with van der Waals surface area (Å²) in [7, 11) is 0. The van der Waals surface area contributed by atoms with Crippen LogP contribution in [0.2, 0.25) is 0 Å². The van der Waals surface area contributed by atoms with Gasteiger partial charge in [-0.2, -0.15) is 0 Å². The highest BCUT2D eigenvalue weighted by Crippen LogP contribution is 2.27. The SMILES string of the molecule is Cc1ccc2oc(-c3cccc(NC(=O)C(C)(C)C)c3)nc2c1. The van der Waals surface area contributed by atoms with Crippen molar-refractivity contribution in [1.29, 1.82) is 0 Å². The van der Waals surface area contributed by atoms with E-state index in [1.54, 1.807) is 0 Å². The molecule has 0 bridgehead atoms. The van der Waals surface area contributed by atoms with Crippen molar-refractivity contribution in [2.75, 3.05) is 5.32 Å². The van der Waals surface area contributed by atoms with Crippen LogP contribution in [0.5, 0.6) is 0 Å². The molecule has 0 fully saturated rings. The van der Waals surface area contributed by atoms with Gasteiger partial charge in [-0.3, -0.25) is 4.79 Å². The van der Waals surface area contributed by atoms with Crippen LogP contribution in [0.25, 0.3) is 22.6 Å². The fourth-order valence-corrected chi connectivity index (χ4v) is 2.21. The Kier molecular flexibility index (Phi) is 3.68. The lowest BCUT2D eigenvalue weighted by molar-refractivity contribution is -0.123. The molecule has 0 unspecified atom stereocenters. The molecule has 0 radical (unpaired) electrons. The number of aryl methyl sites for hydroxylation is 1. The monoisotopic (exact) mass is 308 g/mol. The van der Waals surface area contributed by atoms with Gasteiger partial charge in [0, 0.05) is 16.7 Å². The van der Waals surface area contributed by atoms with Crippen molar-refractivity contribution in [3.05, 3.63) is 48.0 Å². The molecular formula is C19H20N2O2. The molecule has 3 aromatic rings. The Morgan fingerprint density at radius 2 is 1.91 bits per heavy atom. The van der Waals surface area contributed by atoms with Crippen molar-refractivity contribution in [1.82, 2.24) is 4.98 Å². The average molecular weight is 308 g/mol. The number of rotatable bonds is 2. The maximum absolute atomic E-state index is 12.1. The molecule has 0 aliphatic heterocycles. The topological polar surface area (TPSA) is 55.1 Å². The smallest absolute Gasteiger partial charge is 0.229 e. The van der Waals surface area contributed by atoms with Crippen LogP contribution in [0.1, 0.15) is 26.3 Å². The first kappa shape index (κ1) is 15.3. The van der Waals surface area contributed by atoms with Crippen LogP contribution in [-0.2, 0) is 4.79 Å². The second-order valence-electron chi connectivity index (χ2n) is 6.78. The summed E-state index contributed by atoms with van der Waals surface area (Å²) < 4.78 is 5.81. The molecule has 118 valence electrons. The Morgan fingerprint density at radius 3 is 2.65 bits per heavy atom. The van der Waals surface area contributed by atoms with E-state index in [-0.39, 0.29) is 5.91 Å². The van der Waals surface area contributed by atoms with Gasteiger partial charge in [0.2, 0.25) is 11.8 Å². The van der Waals surface area contributed by atoms with Crippen LogP contribution < -0.4 is 5.32 Å². The Hall–Kier alpha value is -2.62. The van der Waals surface area contributed by atoms with E-state index in [1.165, 1.54) is 0 Å². The summed E-state index contributed by atoms with van der Waals surface area (Å²) in [6, 6.07) is 13.5. The first-order valence-corrected chi connectivity index (χ1v) is 7.62. The van der Waals surface area contributed by atoms with Gasteiger partial charge in [-0.25, -0.2) is 4.98 Å². The molecule has 0 atom stereocenters. The lowest BCUT2D eigenvalue weighted by atomic mass is 9.95. The van der Waals surface area contributed by atoms with E-state index < -0.39 is 5.41 Å². The molecule has 1 heterocycles. The van der Waals surface area contributed by atoms with Gasteiger partial charge in [0.25, 0.3) is 0 Å². The molecule has 3 rings (SSSR count). The average Bonchev–Trinajstić information content (AvgIpc) is 2.89. The maximum Gasteiger partial charge on any atom is 0.229 e. The molecule has 0 saturated heterocycles. The number of benzene rings is 2. The van der Waals surface area contributed by atoms with Gasteiger partial charge in [0.1, 0.15) is 5.52 Å². The normalized spacial score (nSPS) is 11.7. The summed E-state index contributed by atoms with van der Waals surface area (Å²) in [5.41, 5.74) is 3.87. The Bertz CT molecular complexity index is 872. The molecular weight excluding hydrogens is 288 g/mol. The quantitative estimate of drug-likeness (QED) is 0.740. The number of oxazole rings is 1. The van der Waals surface area contributed by atoms with Gasteiger partial charge in [-0.15, -0.1) is 0 Å². The largest absolute Gasteiger partial charge is 0.436 e. The summed E-state index contributed by atoms with van der Waals surface area (Å²) in [5, 5.41) is 2.93. The molecule has 4 heteroatoms. The third-order valence-corrected chi connectivity index (χ3v) is 3.59. The summed E-state index contributed by atoms with van der Waals surface area (Å²) in [4.78, 5) is 16.6. The molecule has 4 nitrogen and oxygen atoms in total. The molecule has 0 saturated carbocycles. The molecule has 0 aliphatic rings. The van der Waals surface area contributed by atoms with Crippen LogP contribution in [0.3, 0.4) is 0 Å². The number of carbonyl (C=O) groups is 1. The zero-order valence-corrected chi connectivity index (χ0v) is 13.8. The Balaban J connectivity index is 1.93. The summed E-state index contributed by atoms with van der Waals surface area (Å²) >= 11 is 0. The molecule has 0 aliphatic carbocycles. The zero-order chi connectivity index (χ0) is 16.6. The van der Waals surface area contributed by atoms with E-state index in [1.807, 2.05) is 70.2 Å². The summed E-state index contributed by atoms with van der Waals surface area (Å²) in [5.74, 6) is 0.528. The first-order chi connectivity index (χ1) is 10.8. The van der Waals surface area contributed by atoms with Gasteiger partial charge in [0.05, 0.1) is 0 Å². The van der Waals surface area contributed by atoms with Gasteiger partial charge < -0.3 is 9.73 Å².